The third-order valence-electron chi connectivity index (χ3n) is 3.05. The first-order chi connectivity index (χ1) is 12.1. The summed E-state index contributed by atoms with van der Waals surface area (Å²) in [7, 11) is 1.48. The van der Waals surface area contributed by atoms with Crippen molar-refractivity contribution in [2.75, 3.05) is 13.7 Å². The zero-order valence-electron chi connectivity index (χ0n) is 13.4. The average molecular weight is 340 g/mol. The van der Waals surface area contributed by atoms with Gasteiger partial charge in [0, 0.05) is 12.3 Å². The Hall–Kier alpha value is -3.73. The highest BCUT2D eigenvalue weighted by atomic mass is 16.5. The van der Waals surface area contributed by atoms with Crippen molar-refractivity contribution in [2.45, 2.75) is 0 Å². The van der Waals surface area contributed by atoms with Gasteiger partial charge in [0.25, 0.3) is 11.8 Å². The number of amides is 2. The molecule has 2 amide bonds. The van der Waals surface area contributed by atoms with Crippen LogP contribution in [0.25, 0.3) is 6.08 Å². The topological polar surface area (TPSA) is 116 Å². The molecule has 0 unspecified atom stereocenters. The predicted molar refractivity (Wildman–Crippen MR) is 89.5 cm³/mol. The van der Waals surface area contributed by atoms with Crippen LogP contribution in [-0.2, 0) is 4.79 Å². The standard InChI is InChI=1S/C17H16N4O4/c1-24-15-11-12(4-6-14(15)25-10-8-18)5-7-16(22)20-21-17(23)13-3-2-9-19-13/h2-7,9,11,19H,10H2,1H3,(H,20,22)(H,21,23)/b7-5+. The fraction of sp³-hybridized carbons (Fsp3) is 0.118. The van der Waals surface area contributed by atoms with E-state index >= 15 is 0 Å². The summed E-state index contributed by atoms with van der Waals surface area (Å²) >= 11 is 0. The minimum absolute atomic E-state index is 0.0888. The van der Waals surface area contributed by atoms with Gasteiger partial charge in [-0.1, -0.05) is 6.07 Å². The summed E-state index contributed by atoms with van der Waals surface area (Å²) in [5, 5.41) is 8.54. The van der Waals surface area contributed by atoms with Gasteiger partial charge in [0.15, 0.2) is 18.1 Å². The van der Waals surface area contributed by atoms with Gasteiger partial charge in [-0.2, -0.15) is 5.26 Å². The molecule has 25 heavy (non-hydrogen) atoms. The van der Waals surface area contributed by atoms with E-state index in [0.29, 0.717) is 22.8 Å². The SMILES string of the molecule is COc1cc(/C=C/C(=O)NNC(=O)c2ccc[nH]2)ccc1OCC#N. The monoisotopic (exact) mass is 340 g/mol. The molecule has 8 heteroatoms. The van der Waals surface area contributed by atoms with E-state index in [-0.39, 0.29) is 6.61 Å². The van der Waals surface area contributed by atoms with Crippen LogP contribution in [-0.4, -0.2) is 30.5 Å². The van der Waals surface area contributed by atoms with Crippen LogP contribution in [0.3, 0.4) is 0 Å². The number of aromatic nitrogens is 1. The number of ether oxygens (including phenoxy) is 2. The minimum Gasteiger partial charge on any atom is -0.493 e. The predicted octanol–water partition coefficient (Wildman–Crippen LogP) is 1.40. The summed E-state index contributed by atoms with van der Waals surface area (Å²) in [6.07, 6.45) is 4.42. The lowest BCUT2D eigenvalue weighted by Crippen LogP contribution is -2.40. The van der Waals surface area contributed by atoms with Gasteiger partial charge in [-0.05, 0) is 35.9 Å². The van der Waals surface area contributed by atoms with E-state index in [1.54, 1.807) is 42.6 Å². The number of nitriles is 1. The van der Waals surface area contributed by atoms with E-state index in [2.05, 4.69) is 15.8 Å². The van der Waals surface area contributed by atoms with Gasteiger partial charge in [-0.15, -0.1) is 0 Å². The maximum absolute atomic E-state index is 11.7. The highest BCUT2D eigenvalue weighted by Crippen LogP contribution is 2.28. The number of hydrogen-bond acceptors (Lipinski definition) is 5. The van der Waals surface area contributed by atoms with Crippen molar-refractivity contribution in [3.8, 4) is 17.6 Å². The lowest BCUT2D eigenvalue weighted by molar-refractivity contribution is -0.117. The molecule has 128 valence electrons. The Labute approximate surface area is 144 Å². The normalized spacial score (nSPS) is 10.1. The van der Waals surface area contributed by atoms with E-state index in [1.165, 1.54) is 13.2 Å². The molecule has 0 aliphatic carbocycles. The molecule has 0 spiro atoms. The van der Waals surface area contributed by atoms with Crippen molar-refractivity contribution in [3.05, 3.63) is 53.9 Å². The Balaban J connectivity index is 1.93. The first-order valence-corrected chi connectivity index (χ1v) is 7.23. The molecular weight excluding hydrogens is 324 g/mol. The van der Waals surface area contributed by atoms with E-state index < -0.39 is 11.8 Å². The second-order valence-electron chi connectivity index (χ2n) is 4.72. The molecule has 0 aliphatic rings. The molecule has 8 nitrogen and oxygen atoms in total. The Morgan fingerprint density at radius 2 is 2.12 bits per heavy atom. The number of nitrogens with zero attached hydrogens (tertiary/aromatic N) is 1. The molecule has 0 saturated heterocycles. The molecule has 0 fully saturated rings. The Morgan fingerprint density at radius 1 is 1.28 bits per heavy atom. The third kappa shape index (κ3) is 5.14. The average Bonchev–Trinajstić information content (AvgIpc) is 3.17. The van der Waals surface area contributed by atoms with Crippen LogP contribution in [0, 0.1) is 11.3 Å². The Bertz CT molecular complexity index is 807. The zero-order valence-corrected chi connectivity index (χ0v) is 13.4. The van der Waals surface area contributed by atoms with Crippen LogP contribution in [0.5, 0.6) is 11.5 Å². The first-order valence-electron chi connectivity index (χ1n) is 7.23. The summed E-state index contributed by atoms with van der Waals surface area (Å²) in [6.45, 7) is -0.0888. The number of hydrazine groups is 1. The van der Waals surface area contributed by atoms with E-state index in [9.17, 15) is 9.59 Å². The Kier molecular flexibility index (Phi) is 6.19. The van der Waals surface area contributed by atoms with Crippen LogP contribution in [0.1, 0.15) is 16.1 Å². The number of rotatable bonds is 6. The summed E-state index contributed by atoms with van der Waals surface area (Å²) in [5.41, 5.74) is 5.57. The number of methoxy groups -OCH3 is 1. The summed E-state index contributed by atoms with van der Waals surface area (Å²) in [6, 6.07) is 10.1. The van der Waals surface area contributed by atoms with Crippen LogP contribution in [0.2, 0.25) is 0 Å². The fourth-order valence-electron chi connectivity index (χ4n) is 1.89. The minimum atomic E-state index is -0.497. The van der Waals surface area contributed by atoms with E-state index in [0.717, 1.165) is 0 Å². The molecule has 1 heterocycles. The van der Waals surface area contributed by atoms with Crippen LogP contribution in [0.15, 0.2) is 42.6 Å². The van der Waals surface area contributed by atoms with Crippen LogP contribution in [0.4, 0.5) is 0 Å². The smallest absolute Gasteiger partial charge is 0.286 e. The molecule has 2 rings (SSSR count). The van der Waals surface area contributed by atoms with Gasteiger partial charge in [-0.3, -0.25) is 20.4 Å². The van der Waals surface area contributed by atoms with Gasteiger partial charge in [0.2, 0.25) is 0 Å². The maximum Gasteiger partial charge on any atom is 0.286 e. The molecule has 1 aromatic heterocycles. The maximum atomic E-state index is 11.7. The lowest BCUT2D eigenvalue weighted by Gasteiger charge is -2.08. The van der Waals surface area contributed by atoms with E-state index in [1.807, 2.05) is 6.07 Å². The van der Waals surface area contributed by atoms with Gasteiger partial charge >= 0.3 is 0 Å². The van der Waals surface area contributed by atoms with Crippen molar-refractivity contribution in [1.82, 2.24) is 15.8 Å². The number of aromatic amines is 1. The number of H-pyrrole nitrogens is 1. The van der Waals surface area contributed by atoms with Crippen molar-refractivity contribution in [2.24, 2.45) is 0 Å². The quantitative estimate of drug-likeness (QED) is 0.543. The van der Waals surface area contributed by atoms with Crippen molar-refractivity contribution < 1.29 is 19.1 Å². The largest absolute Gasteiger partial charge is 0.493 e. The number of hydrogen-bond donors (Lipinski definition) is 3. The van der Waals surface area contributed by atoms with Gasteiger partial charge < -0.3 is 14.5 Å². The fourth-order valence-corrected chi connectivity index (χ4v) is 1.89. The molecule has 0 atom stereocenters. The van der Waals surface area contributed by atoms with Crippen molar-refractivity contribution in [3.63, 3.8) is 0 Å². The second kappa shape index (κ2) is 8.79. The molecule has 2 aromatic rings. The molecule has 0 bridgehead atoms. The van der Waals surface area contributed by atoms with Crippen molar-refractivity contribution in [1.29, 1.82) is 5.26 Å². The molecule has 3 N–H and O–H groups in total. The van der Waals surface area contributed by atoms with E-state index in [4.69, 9.17) is 14.7 Å². The Morgan fingerprint density at radius 3 is 2.80 bits per heavy atom. The number of benzene rings is 1. The summed E-state index contributed by atoms with van der Waals surface area (Å²) < 4.78 is 10.4. The number of carbonyl (C=O) groups is 2. The summed E-state index contributed by atoms with van der Waals surface area (Å²) in [5.74, 6) is -0.0715. The number of nitrogens with one attached hydrogen (secondary N) is 3. The molecule has 1 aromatic carbocycles. The molecule has 0 radical (unpaired) electrons. The van der Waals surface area contributed by atoms with Crippen LogP contribution < -0.4 is 20.3 Å². The summed E-state index contributed by atoms with van der Waals surface area (Å²) in [4.78, 5) is 26.1. The highest BCUT2D eigenvalue weighted by Gasteiger charge is 2.07. The molecular formula is C17H16N4O4. The molecule has 0 saturated carbocycles. The third-order valence-corrected chi connectivity index (χ3v) is 3.05. The van der Waals surface area contributed by atoms with Gasteiger partial charge in [0.1, 0.15) is 11.8 Å². The van der Waals surface area contributed by atoms with Crippen LogP contribution >= 0.6 is 0 Å². The zero-order chi connectivity index (χ0) is 18.1. The van der Waals surface area contributed by atoms with Gasteiger partial charge in [-0.25, -0.2) is 0 Å². The highest BCUT2D eigenvalue weighted by molar-refractivity contribution is 5.96. The lowest BCUT2D eigenvalue weighted by atomic mass is 10.2. The molecule has 0 aliphatic heterocycles. The first kappa shape index (κ1) is 17.6. The van der Waals surface area contributed by atoms with Crippen molar-refractivity contribution >= 4 is 17.9 Å². The number of carbonyl (C=O) groups excluding carboxylic acids is 2. The van der Waals surface area contributed by atoms with Gasteiger partial charge in [0.05, 0.1) is 7.11 Å². The second-order valence-corrected chi connectivity index (χ2v) is 4.72.